The molecule has 7 nitrogen and oxygen atoms in total. The zero-order chi connectivity index (χ0) is 17.1. The van der Waals surface area contributed by atoms with E-state index in [2.05, 4.69) is 27.3 Å². The Hall–Kier alpha value is -2.51. The number of aryl methyl sites for hydroxylation is 1. The summed E-state index contributed by atoms with van der Waals surface area (Å²) in [5.41, 5.74) is 0.957. The van der Waals surface area contributed by atoms with Gasteiger partial charge in [0.25, 0.3) is 0 Å². The van der Waals surface area contributed by atoms with E-state index in [1.54, 1.807) is 4.68 Å². The first kappa shape index (κ1) is 16.0. The van der Waals surface area contributed by atoms with Crippen molar-refractivity contribution in [1.29, 1.82) is 0 Å². The Kier molecular flexibility index (Phi) is 4.58. The van der Waals surface area contributed by atoms with Crippen LogP contribution in [-0.2, 0) is 17.7 Å². The van der Waals surface area contributed by atoms with Crippen molar-refractivity contribution in [2.24, 2.45) is 0 Å². The zero-order valence-electron chi connectivity index (χ0n) is 14.2. The highest BCUT2D eigenvalue weighted by molar-refractivity contribution is 5.30. The van der Waals surface area contributed by atoms with Gasteiger partial charge in [-0.25, -0.2) is 0 Å². The molecule has 25 heavy (non-hydrogen) atoms. The van der Waals surface area contributed by atoms with Crippen molar-refractivity contribution in [1.82, 2.24) is 25.1 Å². The number of nitrogens with zero attached hydrogens (tertiary/aromatic N) is 5. The molecule has 3 aromatic rings. The normalized spacial score (nSPS) is 18.5. The van der Waals surface area contributed by atoms with Crippen molar-refractivity contribution in [2.45, 2.75) is 25.9 Å². The molecule has 0 unspecified atom stereocenters. The van der Waals surface area contributed by atoms with Crippen LogP contribution in [0.4, 0.5) is 0 Å². The van der Waals surface area contributed by atoms with Gasteiger partial charge in [-0.05, 0) is 34.7 Å². The van der Waals surface area contributed by atoms with Gasteiger partial charge in [-0.3, -0.25) is 4.90 Å². The second-order valence-corrected chi connectivity index (χ2v) is 6.06. The number of rotatable bonds is 5. The maximum absolute atomic E-state index is 5.96. The predicted octanol–water partition coefficient (Wildman–Crippen LogP) is 2.39. The van der Waals surface area contributed by atoms with Crippen LogP contribution in [0.5, 0.6) is 0 Å². The minimum absolute atomic E-state index is 0.0787. The van der Waals surface area contributed by atoms with Crippen LogP contribution in [0.25, 0.3) is 5.69 Å². The van der Waals surface area contributed by atoms with Gasteiger partial charge in [0.2, 0.25) is 0 Å². The van der Waals surface area contributed by atoms with E-state index in [1.807, 2.05) is 42.5 Å². The predicted molar refractivity (Wildman–Crippen MR) is 91.2 cm³/mol. The van der Waals surface area contributed by atoms with Crippen molar-refractivity contribution in [3.8, 4) is 5.69 Å². The van der Waals surface area contributed by atoms with Gasteiger partial charge in [0.1, 0.15) is 11.5 Å². The molecule has 130 valence electrons. The molecule has 2 aromatic heterocycles. The van der Waals surface area contributed by atoms with Crippen LogP contribution in [0.1, 0.15) is 30.3 Å². The van der Waals surface area contributed by atoms with Gasteiger partial charge in [-0.1, -0.05) is 25.1 Å². The molecular formula is C18H21N5O2. The van der Waals surface area contributed by atoms with Crippen molar-refractivity contribution < 1.29 is 9.15 Å². The minimum atomic E-state index is 0.0787. The van der Waals surface area contributed by atoms with Gasteiger partial charge in [0.15, 0.2) is 5.82 Å². The first-order chi connectivity index (χ1) is 12.3. The lowest BCUT2D eigenvalue weighted by atomic mass is 10.1. The monoisotopic (exact) mass is 339 g/mol. The summed E-state index contributed by atoms with van der Waals surface area (Å²) < 4.78 is 13.4. The van der Waals surface area contributed by atoms with Crippen molar-refractivity contribution in [2.75, 3.05) is 19.8 Å². The SMILES string of the molecule is CCc1ccc([C@@H]2COCCN2Cc2nnnn2-c2ccccc2)o1. The van der Waals surface area contributed by atoms with Crippen molar-refractivity contribution in [3.63, 3.8) is 0 Å². The third-order valence-corrected chi connectivity index (χ3v) is 4.48. The lowest BCUT2D eigenvalue weighted by molar-refractivity contribution is -0.0219. The Morgan fingerprint density at radius 2 is 2.04 bits per heavy atom. The van der Waals surface area contributed by atoms with Gasteiger partial charge in [0, 0.05) is 13.0 Å². The molecule has 1 aromatic carbocycles. The standard InChI is InChI=1S/C18H21N5O2/c1-2-15-8-9-17(25-15)16-13-24-11-10-22(16)12-18-19-20-21-23(18)14-6-4-3-5-7-14/h3-9,16H,2,10-13H2,1H3/t16-/m0/s1. The Balaban J connectivity index is 1.58. The Morgan fingerprint density at radius 1 is 1.16 bits per heavy atom. The van der Waals surface area contributed by atoms with E-state index < -0.39 is 0 Å². The molecule has 1 saturated heterocycles. The maximum atomic E-state index is 5.96. The van der Waals surface area contributed by atoms with Crippen LogP contribution in [0.15, 0.2) is 46.9 Å². The molecule has 7 heteroatoms. The molecule has 0 radical (unpaired) electrons. The molecule has 1 atom stereocenters. The smallest absolute Gasteiger partial charge is 0.170 e. The van der Waals surface area contributed by atoms with Crippen LogP contribution in [-0.4, -0.2) is 44.9 Å². The van der Waals surface area contributed by atoms with Crippen LogP contribution >= 0.6 is 0 Å². The van der Waals surface area contributed by atoms with E-state index in [1.165, 1.54) is 0 Å². The average Bonchev–Trinajstić information content (AvgIpc) is 3.32. The zero-order valence-corrected chi connectivity index (χ0v) is 14.2. The summed E-state index contributed by atoms with van der Waals surface area (Å²) in [5.74, 6) is 2.74. The highest BCUT2D eigenvalue weighted by Crippen LogP contribution is 2.27. The van der Waals surface area contributed by atoms with Crippen LogP contribution in [0.2, 0.25) is 0 Å². The van der Waals surface area contributed by atoms with Crippen LogP contribution < -0.4 is 0 Å². The van der Waals surface area contributed by atoms with E-state index in [-0.39, 0.29) is 6.04 Å². The molecular weight excluding hydrogens is 318 g/mol. The summed E-state index contributed by atoms with van der Waals surface area (Å²) in [4.78, 5) is 2.31. The lowest BCUT2D eigenvalue weighted by Gasteiger charge is -2.33. The molecule has 3 heterocycles. The second kappa shape index (κ2) is 7.16. The largest absolute Gasteiger partial charge is 0.464 e. The molecule has 0 N–H and O–H groups in total. The third-order valence-electron chi connectivity index (χ3n) is 4.48. The molecule has 0 bridgehead atoms. The Labute approximate surface area is 146 Å². The molecule has 0 amide bonds. The number of furan rings is 1. The Bertz CT molecular complexity index is 814. The average molecular weight is 339 g/mol. The lowest BCUT2D eigenvalue weighted by Crippen LogP contribution is -2.39. The summed E-state index contributed by atoms with van der Waals surface area (Å²) in [5, 5.41) is 12.2. The first-order valence-electron chi connectivity index (χ1n) is 8.58. The van der Waals surface area contributed by atoms with Gasteiger partial charge in [-0.15, -0.1) is 5.10 Å². The quantitative estimate of drug-likeness (QED) is 0.711. The highest BCUT2D eigenvalue weighted by Gasteiger charge is 2.28. The molecule has 1 fully saturated rings. The van der Waals surface area contributed by atoms with Gasteiger partial charge in [0.05, 0.1) is 31.5 Å². The van der Waals surface area contributed by atoms with E-state index in [0.29, 0.717) is 19.8 Å². The number of hydrogen-bond donors (Lipinski definition) is 0. The Morgan fingerprint density at radius 3 is 2.84 bits per heavy atom. The fourth-order valence-corrected chi connectivity index (χ4v) is 3.11. The molecule has 0 aliphatic carbocycles. The summed E-state index contributed by atoms with van der Waals surface area (Å²) in [6, 6.07) is 14.1. The number of aromatic nitrogens is 4. The number of benzene rings is 1. The van der Waals surface area contributed by atoms with Gasteiger partial charge < -0.3 is 9.15 Å². The van der Waals surface area contributed by atoms with E-state index in [4.69, 9.17) is 9.15 Å². The molecule has 0 saturated carbocycles. The first-order valence-corrected chi connectivity index (χ1v) is 8.58. The number of hydrogen-bond acceptors (Lipinski definition) is 6. The molecule has 1 aliphatic heterocycles. The summed E-state index contributed by atoms with van der Waals surface area (Å²) >= 11 is 0. The molecule has 1 aliphatic rings. The summed E-state index contributed by atoms with van der Waals surface area (Å²) in [6.45, 7) is 4.85. The molecule has 0 spiro atoms. The van der Waals surface area contributed by atoms with Gasteiger partial charge in [-0.2, -0.15) is 4.68 Å². The van der Waals surface area contributed by atoms with Crippen molar-refractivity contribution >= 4 is 0 Å². The summed E-state index contributed by atoms with van der Waals surface area (Å²) in [7, 11) is 0. The molecule has 4 rings (SSSR count). The number of para-hydroxylation sites is 1. The van der Waals surface area contributed by atoms with Crippen molar-refractivity contribution in [3.05, 3.63) is 59.8 Å². The van der Waals surface area contributed by atoms with Crippen LogP contribution in [0, 0.1) is 0 Å². The summed E-state index contributed by atoms with van der Waals surface area (Å²) in [6.07, 6.45) is 0.889. The number of morpholine rings is 1. The van der Waals surface area contributed by atoms with E-state index >= 15 is 0 Å². The van der Waals surface area contributed by atoms with E-state index in [9.17, 15) is 0 Å². The number of ether oxygens (including phenoxy) is 1. The fourth-order valence-electron chi connectivity index (χ4n) is 3.11. The maximum Gasteiger partial charge on any atom is 0.170 e. The van der Waals surface area contributed by atoms with E-state index in [0.717, 1.165) is 36.0 Å². The second-order valence-electron chi connectivity index (χ2n) is 6.06. The fraction of sp³-hybridized carbons (Fsp3) is 0.389. The minimum Gasteiger partial charge on any atom is -0.464 e. The topological polar surface area (TPSA) is 69.2 Å². The third kappa shape index (κ3) is 3.33. The highest BCUT2D eigenvalue weighted by atomic mass is 16.5. The van der Waals surface area contributed by atoms with Gasteiger partial charge >= 0.3 is 0 Å². The number of tetrazole rings is 1. The van der Waals surface area contributed by atoms with Crippen LogP contribution in [0.3, 0.4) is 0 Å².